The van der Waals surface area contributed by atoms with E-state index >= 15 is 0 Å². The highest BCUT2D eigenvalue weighted by molar-refractivity contribution is 5.92. The van der Waals surface area contributed by atoms with E-state index in [9.17, 15) is 0 Å². The highest BCUT2D eigenvalue weighted by Gasteiger charge is 2.09. The van der Waals surface area contributed by atoms with Crippen LogP contribution in [0.1, 0.15) is 0 Å². The molecule has 0 fully saturated rings. The maximum absolute atomic E-state index is 5.79. The van der Waals surface area contributed by atoms with Crippen LogP contribution in [-0.2, 0) is 0 Å². The Morgan fingerprint density at radius 2 is 1.85 bits per heavy atom. The molecule has 0 radical (unpaired) electrons. The van der Waals surface area contributed by atoms with Crippen molar-refractivity contribution in [2.45, 2.75) is 0 Å². The third kappa shape index (κ3) is 3.57. The van der Waals surface area contributed by atoms with Crippen LogP contribution in [0.4, 0.5) is 11.5 Å². The quantitative estimate of drug-likeness (QED) is 0.637. The van der Waals surface area contributed by atoms with E-state index in [0.29, 0.717) is 18.2 Å². The normalized spacial score (nSPS) is 14.9. The van der Waals surface area contributed by atoms with Crippen molar-refractivity contribution in [3.8, 4) is 11.5 Å². The third-order valence-corrected chi connectivity index (χ3v) is 3.84. The number of nitrogens with one attached hydrogen (secondary N) is 1. The largest absolute Gasteiger partial charge is 0.490 e. The first-order chi connectivity index (χ1) is 12.9. The third-order valence-electron chi connectivity index (χ3n) is 3.84. The van der Waals surface area contributed by atoms with E-state index in [4.69, 9.17) is 9.47 Å². The van der Waals surface area contributed by atoms with Gasteiger partial charge in [0.15, 0.2) is 0 Å². The van der Waals surface area contributed by atoms with Gasteiger partial charge in [-0.1, -0.05) is 30.4 Å². The Morgan fingerprint density at radius 1 is 0.923 bits per heavy atom. The number of ether oxygens (including phenoxy) is 2. The van der Waals surface area contributed by atoms with Crippen molar-refractivity contribution in [2.24, 2.45) is 0 Å². The fraction of sp³-hybridized carbons (Fsp3) is 0.0476. The summed E-state index contributed by atoms with van der Waals surface area (Å²) in [6.45, 7) is 0.481. The summed E-state index contributed by atoms with van der Waals surface area (Å²) in [6.07, 6.45) is 12.7. The lowest BCUT2D eigenvalue weighted by atomic mass is 10.2. The Morgan fingerprint density at radius 3 is 2.85 bits per heavy atom. The molecule has 1 aliphatic rings. The molecule has 1 aromatic heterocycles. The first-order valence-electron chi connectivity index (χ1n) is 8.29. The number of fused-ring (bicyclic) bond motifs is 2. The maximum Gasteiger partial charge on any atom is 0.149 e. The van der Waals surface area contributed by atoms with Crippen molar-refractivity contribution < 1.29 is 9.47 Å². The molecule has 5 heteroatoms. The van der Waals surface area contributed by atoms with Gasteiger partial charge in [-0.15, -0.1) is 0 Å². The zero-order valence-corrected chi connectivity index (χ0v) is 14.0. The maximum atomic E-state index is 5.79. The van der Waals surface area contributed by atoms with Gasteiger partial charge in [0.2, 0.25) is 0 Å². The van der Waals surface area contributed by atoms with Gasteiger partial charge in [0.1, 0.15) is 30.3 Å². The van der Waals surface area contributed by atoms with Crippen molar-refractivity contribution >= 4 is 22.4 Å². The highest BCUT2D eigenvalue weighted by atomic mass is 16.5. The van der Waals surface area contributed by atoms with Crippen LogP contribution in [0.2, 0.25) is 0 Å². The molecule has 2 bridgehead atoms. The van der Waals surface area contributed by atoms with Gasteiger partial charge in [0, 0.05) is 5.39 Å². The van der Waals surface area contributed by atoms with Crippen LogP contribution < -0.4 is 14.8 Å². The summed E-state index contributed by atoms with van der Waals surface area (Å²) < 4.78 is 11.5. The molecule has 0 saturated heterocycles. The second-order valence-corrected chi connectivity index (χ2v) is 5.59. The molecular formula is C21H17N3O2. The molecule has 1 aliphatic heterocycles. The molecule has 0 atom stereocenters. The minimum absolute atomic E-state index is 0.481. The van der Waals surface area contributed by atoms with E-state index < -0.39 is 0 Å². The summed E-state index contributed by atoms with van der Waals surface area (Å²) in [4.78, 5) is 8.73. The van der Waals surface area contributed by atoms with Crippen molar-refractivity contribution in [3.05, 3.63) is 85.4 Å². The molecule has 5 nitrogen and oxygen atoms in total. The van der Waals surface area contributed by atoms with Crippen LogP contribution >= 0.6 is 0 Å². The Hall–Kier alpha value is -3.60. The molecule has 1 N–H and O–H groups in total. The van der Waals surface area contributed by atoms with Gasteiger partial charge in [-0.05, 0) is 42.5 Å². The average Bonchev–Trinajstić information content (AvgIpc) is 2.67. The number of nitrogens with zero attached hydrogens (tertiary/aromatic N) is 2. The Bertz CT molecular complexity index is 1010. The second-order valence-electron chi connectivity index (χ2n) is 5.59. The predicted octanol–water partition coefficient (Wildman–Crippen LogP) is 4.77. The van der Waals surface area contributed by atoms with Crippen LogP contribution in [0.5, 0.6) is 11.5 Å². The average molecular weight is 343 g/mol. The summed E-state index contributed by atoms with van der Waals surface area (Å²) in [7, 11) is 0. The molecule has 4 rings (SSSR count). The van der Waals surface area contributed by atoms with Gasteiger partial charge in [-0.25, -0.2) is 9.97 Å². The van der Waals surface area contributed by atoms with Crippen LogP contribution in [0.15, 0.2) is 85.4 Å². The van der Waals surface area contributed by atoms with Crippen molar-refractivity contribution in [2.75, 3.05) is 11.9 Å². The van der Waals surface area contributed by atoms with Crippen molar-refractivity contribution in [3.63, 3.8) is 0 Å². The van der Waals surface area contributed by atoms with Gasteiger partial charge < -0.3 is 14.8 Å². The zero-order chi connectivity index (χ0) is 17.6. The first kappa shape index (κ1) is 15.9. The van der Waals surface area contributed by atoms with E-state index in [1.54, 1.807) is 12.6 Å². The van der Waals surface area contributed by atoms with E-state index in [2.05, 4.69) is 15.3 Å². The number of hydrogen-bond donors (Lipinski definition) is 1. The molecule has 2 heterocycles. The van der Waals surface area contributed by atoms with Crippen LogP contribution in [0, 0.1) is 0 Å². The molecule has 0 amide bonds. The molecule has 0 spiro atoms. The number of allylic oxidation sites excluding steroid dienone is 4. The minimum atomic E-state index is 0.481. The predicted molar refractivity (Wildman–Crippen MR) is 103 cm³/mol. The Labute approximate surface area is 151 Å². The van der Waals surface area contributed by atoms with Crippen LogP contribution in [0.25, 0.3) is 10.9 Å². The molecule has 0 aliphatic carbocycles. The molecule has 3 aromatic rings. The van der Waals surface area contributed by atoms with E-state index in [0.717, 1.165) is 22.3 Å². The molecule has 0 unspecified atom stereocenters. The van der Waals surface area contributed by atoms with Crippen LogP contribution in [0.3, 0.4) is 0 Å². The Balaban J connectivity index is 1.80. The lowest BCUT2D eigenvalue weighted by Crippen LogP contribution is -1.99. The van der Waals surface area contributed by atoms with E-state index in [1.165, 1.54) is 0 Å². The molecule has 128 valence electrons. The summed E-state index contributed by atoms with van der Waals surface area (Å²) in [6, 6.07) is 13.5. The van der Waals surface area contributed by atoms with Gasteiger partial charge in [-0.3, -0.25) is 0 Å². The second kappa shape index (κ2) is 7.53. The van der Waals surface area contributed by atoms with E-state index in [-0.39, 0.29) is 0 Å². The highest BCUT2D eigenvalue weighted by Crippen LogP contribution is 2.31. The molecular weight excluding hydrogens is 326 g/mol. The smallest absolute Gasteiger partial charge is 0.149 e. The standard InChI is InChI=1S/C21H17N3O2/c1-2-6-12-25-16-10-11-18-17(14-16)21(23-15-22-18)24-19-8-4-5-9-20(19)26-13-7-3-1/h1-11,13-15H,12H2,(H,22,23,24)/b3-1?,6-2+,13-7?. The van der Waals surface area contributed by atoms with Gasteiger partial charge >= 0.3 is 0 Å². The van der Waals surface area contributed by atoms with Crippen molar-refractivity contribution in [1.29, 1.82) is 0 Å². The fourth-order valence-electron chi connectivity index (χ4n) is 2.59. The number of rotatable bonds is 0. The lowest BCUT2D eigenvalue weighted by Gasteiger charge is -2.12. The number of aromatic nitrogens is 2. The molecule has 2 aromatic carbocycles. The summed E-state index contributed by atoms with van der Waals surface area (Å²) in [5, 5.41) is 4.22. The van der Waals surface area contributed by atoms with Gasteiger partial charge in [-0.2, -0.15) is 0 Å². The molecule has 0 saturated carbocycles. The zero-order valence-electron chi connectivity index (χ0n) is 14.0. The summed E-state index contributed by atoms with van der Waals surface area (Å²) >= 11 is 0. The lowest BCUT2D eigenvalue weighted by molar-refractivity contribution is 0.363. The molecule has 26 heavy (non-hydrogen) atoms. The van der Waals surface area contributed by atoms with Gasteiger partial charge in [0.05, 0.1) is 17.5 Å². The number of para-hydroxylation sites is 2. The minimum Gasteiger partial charge on any atom is -0.490 e. The monoisotopic (exact) mass is 343 g/mol. The van der Waals surface area contributed by atoms with E-state index in [1.807, 2.05) is 72.8 Å². The number of benzene rings is 2. The first-order valence-corrected chi connectivity index (χ1v) is 8.29. The van der Waals surface area contributed by atoms with Crippen LogP contribution in [-0.4, -0.2) is 16.6 Å². The fourth-order valence-corrected chi connectivity index (χ4v) is 2.59. The summed E-state index contributed by atoms with van der Waals surface area (Å²) in [5.74, 6) is 2.17. The Kier molecular flexibility index (Phi) is 4.60. The summed E-state index contributed by atoms with van der Waals surface area (Å²) in [5.41, 5.74) is 1.66. The van der Waals surface area contributed by atoms with Gasteiger partial charge in [0.25, 0.3) is 0 Å². The topological polar surface area (TPSA) is 56.3 Å². The number of anilines is 2. The SMILES string of the molecule is C1=C/C=C/COc2ccc3ncnc(c3c2)Nc2ccccc2OC=C1. The van der Waals surface area contributed by atoms with Crippen molar-refractivity contribution in [1.82, 2.24) is 9.97 Å². The number of hydrogen-bond acceptors (Lipinski definition) is 5.